The fraction of sp³-hybridized carbons (Fsp3) is 0.286. The summed E-state index contributed by atoms with van der Waals surface area (Å²) in [6.45, 7) is 1.46. The van der Waals surface area contributed by atoms with Gasteiger partial charge in [-0.05, 0) is 42.7 Å². The molecule has 1 aromatic carbocycles. The Morgan fingerprint density at radius 3 is 2.62 bits per heavy atom. The molecule has 1 fully saturated rings. The van der Waals surface area contributed by atoms with Gasteiger partial charge in [-0.25, -0.2) is 18.4 Å². The number of pyridine rings is 1. The number of oxazole rings is 1. The Bertz CT molecular complexity index is 1600. The van der Waals surface area contributed by atoms with Crippen molar-refractivity contribution in [2.24, 2.45) is 0 Å². The number of imidazole rings is 1. The van der Waals surface area contributed by atoms with E-state index in [4.69, 9.17) is 4.42 Å². The van der Waals surface area contributed by atoms with Gasteiger partial charge in [0.2, 0.25) is 5.89 Å². The first-order valence-corrected chi connectivity index (χ1v) is 12.9. The number of hydrogen-bond acceptors (Lipinski definition) is 7. The lowest BCUT2D eigenvalue weighted by molar-refractivity contribution is -0.0435. The normalized spacial score (nSPS) is 16.6. The monoisotopic (exact) mass is 508 g/mol. The average Bonchev–Trinajstić information content (AvgIpc) is 3.33. The highest BCUT2D eigenvalue weighted by Crippen LogP contribution is 2.48. The Labute approximate surface area is 194 Å². The van der Waals surface area contributed by atoms with Crippen LogP contribution in [0, 0.1) is 11.3 Å². The molecule has 0 aliphatic heterocycles. The molecule has 1 saturated carbocycles. The SMILES string of the molecule is CCS(=O)(=O)c1c(-c2nc3cc([S+]([O-])C(F)(F)F)ccc3o2)nc2cc(C3(C#N)CC3)ccn12. The van der Waals surface area contributed by atoms with Gasteiger partial charge < -0.3 is 8.97 Å². The molecule has 0 saturated heterocycles. The molecule has 5 rings (SSSR count). The molecule has 1 aliphatic carbocycles. The molecule has 0 bridgehead atoms. The molecule has 0 radical (unpaired) electrons. The highest BCUT2D eigenvalue weighted by molar-refractivity contribution is 7.92. The highest BCUT2D eigenvalue weighted by Gasteiger charge is 2.46. The van der Waals surface area contributed by atoms with E-state index in [1.165, 1.54) is 23.6 Å². The highest BCUT2D eigenvalue weighted by atomic mass is 32.2. The first kappa shape index (κ1) is 22.7. The minimum Gasteiger partial charge on any atom is -0.604 e. The third-order valence-corrected chi connectivity index (χ3v) is 8.60. The standard InChI is InChI=1S/C21H15F3N4O4S2/c1-2-34(30,31)19-17(27-16-9-12(5-8-28(16)19)20(11-25)6-7-20)18-26-14-10-13(3-4-15(14)32-18)33(29)21(22,23)24/h3-5,8-10H,2,6-7H2,1H3. The Hall–Kier alpha value is -3.08. The number of halogens is 3. The van der Waals surface area contributed by atoms with Gasteiger partial charge in [0, 0.05) is 12.3 Å². The van der Waals surface area contributed by atoms with Crippen molar-refractivity contribution in [1.82, 2.24) is 14.4 Å². The predicted molar refractivity (Wildman–Crippen MR) is 115 cm³/mol. The fourth-order valence-corrected chi connectivity index (χ4v) is 5.57. The summed E-state index contributed by atoms with van der Waals surface area (Å²) in [5.74, 6) is -0.448. The van der Waals surface area contributed by atoms with Gasteiger partial charge in [0.15, 0.2) is 31.0 Å². The lowest BCUT2D eigenvalue weighted by Crippen LogP contribution is -2.23. The van der Waals surface area contributed by atoms with Crippen molar-refractivity contribution in [2.45, 2.75) is 40.6 Å². The molecule has 1 aliphatic rings. The molecule has 0 amide bonds. The van der Waals surface area contributed by atoms with Crippen LogP contribution in [0.3, 0.4) is 0 Å². The van der Waals surface area contributed by atoms with E-state index >= 15 is 0 Å². The number of aromatic nitrogens is 3. The topological polar surface area (TPSA) is 124 Å². The summed E-state index contributed by atoms with van der Waals surface area (Å²) >= 11 is -3.25. The Morgan fingerprint density at radius 1 is 1.26 bits per heavy atom. The van der Waals surface area contributed by atoms with Crippen molar-refractivity contribution < 1.29 is 30.6 Å². The summed E-state index contributed by atoms with van der Waals surface area (Å²) in [5, 5.41) is 9.31. The second-order valence-electron chi connectivity index (χ2n) is 7.87. The van der Waals surface area contributed by atoms with Gasteiger partial charge in [-0.1, -0.05) is 6.92 Å². The van der Waals surface area contributed by atoms with E-state index in [0.29, 0.717) is 12.8 Å². The van der Waals surface area contributed by atoms with Crippen LogP contribution in [0.1, 0.15) is 25.3 Å². The lowest BCUT2D eigenvalue weighted by atomic mass is 9.99. The van der Waals surface area contributed by atoms with Crippen LogP contribution in [0.4, 0.5) is 13.2 Å². The van der Waals surface area contributed by atoms with Gasteiger partial charge in [-0.15, -0.1) is 13.2 Å². The first-order chi connectivity index (χ1) is 16.0. The zero-order valence-electron chi connectivity index (χ0n) is 17.5. The van der Waals surface area contributed by atoms with Gasteiger partial charge in [0.1, 0.15) is 11.2 Å². The summed E-state index contributed by atoms with van der Waals surface area (Å²) < 4.78 is 83.1. The molecule has 0 N–H and O–H groups in total. The van der Waals surface area contributed by atoms with Crippen molar-refractivity contribution in [3.8, 4) is 17.7 Å². The van der Waals surface area contributed by atoms with E-state index in [1.54, 1.807) is 12.1 Å². The van der Waals surface area contributed by atoms with Crippen LogP contribution in [0.15, 0.2) is 50.9 Å². The average molecular weight is 509 g/mol. The van der Waals surface area contributed by atoms with E-state index in [2.05, 4.69) is 16.0 Å². The van der Waals surface area contributed by atoms with Crippen molar-refractivity contribution >= 4 is 37.8 Å². The number of hydrogen-bond donors (Lipinski definition) is 0. The Morgan fingerprint density at radius 2 is 2.00 bits per heavy atom. The van der Waals surface area contributed by atoms with E-state index < -0.39 is 36.8 Å². The number of nitrogens with zero attached hydrogens (tertiary/aromatic N) is 4. The van der Waals surface area contributed by atoms with E-state index in [-0.39, 0.29) is 39.1 Å². The second-order valence-corrected chi connectivity index (χ2v) is 11.5. The van der Waals surface area contributed by atoms with Crippen LogP contribution in [-0.2, 0) is 26.4 Å². The molecule has 3 heterocycles. The predicted octanol–water partition coefficient (Wildman–Crippen LogP) is 4.12. The minimum atomic E-state index is -4.94. The number of rotatable bonds is 5. The molecule has 13 heteroatoms. The number of sulfone groups is 1. The van der Waals surface area contributed by atoms with Crippen LogP contribution in [0.5, 0.6) is 0 Å². The molecule has 1 atom stereocenters. The maximum atomic E-state index is 12.9. The summed E-state index contributed by atoms with van der Waals surface area (Å²) in [6.07, 6.45) is 2.91. The quantitative estimate of drug-likeness (QED) is 0.371. The Balaban J connectivity index is 1.69. The van der Waals surface area contributed by atoms with Crippen molar-refractivity contribution in [3.63, 3.8) is 0 Å². The van der Waals surface area contributed by atoms with E-state index in [1.807, 2.05) is 0 Å². The smallest absolute Gasteiger partial charge is 0.578 e. The summed E-state index contributed by atoms with van der Waals surface area (Å²) in [7, 11) is -3.84. The van der Waals surface area contributed by atoms with Gasteiger partial charge in [0.25, 0.3) is 0 Å². The lowest BCUT2D eigenvalue weighted by Gasteiger charge is -2.11. The van der Waals surface area contributed by atoms with Crippen LogP contribution in [0.2, 0.25) is 0 Å². The number of fused-ring (bicyclic) bond motifs is 2. The number of alkyl halides is 3. The van der Waals surface area contributed by atoms with Gasteiger partial charge >= 0.3 is 5.51 Å². The molecular weight excluding hydrogens is 493 g/mol. The molecular formula is C21H15F3N4O4S2. The molecule has 8 nitrogen and oxygen atoms in total. The summed E-state index contributed by atoms with van der Waals surface area (Å²) in [5.41, 5.74) is -4.61. The third kappa shape index (κ3) is 3.53. The second kappa shape index (κ2) is 7.46. The molecule has 4 aromatic rings. The van der Waals surface area contributed by atoms with Crippen LogP contribution in [-0.4, -0.2) is 38.6 Å². The third-order valence-electron chi connectivity index (χ3n) is 5.76. The molecule has 1 unspecified atom stereocenters. The van der Waals surface area contributed by atoms with Crippen LogP contribution in [0.25, 0.3) is 28.3 Å². The number of nitriles is 1. The maximum Gasteiger partial charge on any atom is 0.578 e. The van der Waals surface area contributed by atoms with E-state index in [9.17, 15) is 31.4 Å². The number of benzene rings is 1. The van der Waals surface area contributed by atoms with Gasteiger partial charge in [0.05, 0.1) is 28.4 Å². The van der Waals surface area contributed by atoms with Crippen molar-refractivity contribution in [3.05, 3.63) is 42.1 Å². The molecule has 3 aromatic heterocycles. The van der Waals surface area contributed by atoms with Crippen LogP contribution >= 0.6 is 0 Å². The summed E-state index contributed by atoms with van der Waals surface area (Å²) in [6, 6.07) is 8.78. The maximum absolute atomic E-state index is 12.9. The summed E-state index contributed by atoms with van der Waals surface area (Å²) in [4.78, 5) is 8.05. The zero-order chi connectivity index (χ0) is 24.5. The molecule has 34 heavy (non-hydrogen) atoms. The largest absolute Gasteiger partial charge is 0.604 e. The Kier molecular flexibility index (Phi) is 4.98. The van der Waals surface area contributed by atoms with Gasteiger partial charge in [-0.2, -0.15) is 5.26 Å². The minimum absolute atomic E-state index is 0.0240. The van der Waals surface area contributed by atoms with Crippen LogP contribution < -0.4 is 0 Å². The van der Waals surface area contributed by atoms with Gasteiger partial charge in [-0.3, -0.25) is 4.40 Å². The van der Waals surface area contributed by atoms with Crippen molar-refractivity contribution in [1.29, 1.82) is 5.26 Å². The molecule has 176 valence electrons. The van der Waals surface area contributed by atoms with E-state index in [0.717, 1.165) is 17.7 Å². The fourth-order valence-electron chi connectivity index (χ4n) is 3.74. The zero-order valence-corrected chi connectivity index (χ0v) is 19.1. The first-order valence-electron chi connectivity index (χ1n) is 10.1. The van der Waals surface area contributed by atoms with Crippen molar-refractivity contribution in [2.75, 3.05) is 5.75 Å². The molecule has 0 spiro atoms.